The van der Waals surface area contributed by atoms with E-state index in [1.54, 1.807) is 6.07 Å². The minimum Gasteiger partial charge on any atom is -0.317 e. The Morgan fingerprint density at radius 3 is 2.43 bits per heavy atom. The average Bonchev–Trinajstić information content (AvgIpc) is 2.69. The van der Waals surface area contributed by atoms with Crippen LogP contribution in [0.3, 0.4) is 0 Å². The molecule has 0 atom stereocenters. The molecule has 28 heavy (non-hydrogen) atoms. The minimum atomic E-state index is -3.51. The summed E-state index contributed by atoms with van der Waals surface area (Å²) in [5.74, 6) is 0. The molecule has 3 rings (SSSR count). The van der Waals surface area contributed by atoms with Gasteiger partial charge in [0.05, 0.1) is 4.90 Å². The molecule has 0 amide bonds. The summed E-state index contributed by atoms with van der Waals surface area (Å²) in [7, 11) is -3.51. The van der Waals surface area contributed by atoms with Crippen molar-refractivity contribution < 1.29 is 8.42 Å². The van der Waals surface area contributed by atoms with Gasteiger partial charge in [-0.2, -0.15) is 4.31 Å². The number of hydrogen-bond acceptors (Lipinski definition) is 4. The van der Waals surface area contributed by atoms with Crippen LogP contribution in [0.4, 0.5) is 0 Å². The van der Waals surface area contributed by atoms with E-state index < -0.39 is 10.0 Å². The first-order valence-corrected chi connectivity index (χ1v) is 12.3. The van der Waals surface area contributed by atoms with Gasteiger partial charge in [-0.3, -0.25) is 0 Å². The average molecular weight is 408 g/mol. The molecular weight excluding hydrogens is 370 g/mol. The Kier molecular flexibility index (Phi) is 7.18. The van der Waals surface area contributed by atoms with E-state index >= 15 is 0 Å². The Labute approximate surface area is 171 Å². The van der Waals surface area contributed by atoms with Crippen LogP contribution in [-0.2, 0) is 15.4 Å². The van der Waals surface area contributed by atoms with Crippen LogP contribution in [0.25, 0.3) is 0 Å². The van der Waals surface area contributed by atoms with Gasteiger partial charge in [0, 0.05) is 19.1 Å². The zero-order chi connectivity index (χ0) is 20.2. The quantitative estimate of drug-likeness (QED) is 0.787. The smallest absolute Gasteiger partial charge is 0.243 e. The monoisotopic (exact) mass is 407 g/mol. The van der Waals surface area contributed by atoms with Gasteiger partial charge in [0.2, 0.25) is 10.0 Å². The van der Waals surface area contributed by atoms with Crippen molar-refractivity contribution in [2.24, 2.45) is 0 Å². The topological polar surface area (TPSA) is 52.7 Å². The lowest BCUT2D eigenvalue weighted by atomic mass is 9.87. The molecule has 2 aliphatic heterocycles. The normalized spacial score (nSPS) is 20.6. The highest BCUT2D eigenvalue weighted by molar-refractivity contribution is 7.89. The van der Waals surface area contributed by atoms with E-state index in [9.17, 15) is 8.42 Å². The van der Waals surface area contributed by atoms with Crippen molar-refractivity contribution in [1.82, 2.24) is 14.5 Å². The summed E-state index contributed by atoms with van der Waals surface area (Å²) in [5.41, 5.74) is 0.994. The highest BCUT2D eigenvalue weighted by Gasteiger charge is 2.33. The SMILES string of the molecule is CC(C)(C)c1cccc(S(=O)(=O)N(CCN2CCCCC2)C2CCNCC2)c1. The van der Waals surface area contributed by atoms with Crippen LogP contribution in [0, 0.1) is 0 Å². The van der Waals surface area contributed by atoms with Gasteiger partial charge in [-0.25, -0.2) is 8.42 Å². The maximum atomic E-state index is 13.7. The molecule has 158 valence electrons. The van der Waals surface area contributed by atoms with Crippen LogP contribution in [-0.4, -0.2) is 62.9 Å². The summed E-state index contributed by atoms with van der Waals surface area (Å²) < 4.78 is 29.2. The van der Waals surface area contributed by atoms with Crippen molar-refractivity contribution >= 4 is 10.0 Å². The Morgan fingerprint density at radius 1 is 1.11 bits per heavy atom. The molecule has 1 aromatic rings. The predicted octanol–water partition coefficient (Wildman–Crippen LogP) is 3.21. The number of hydrogen-bond donors (Lipinski definition) is 1. The molecule has 0 unspecified atom stereocenters. The van der Waals surface area contributed by atoms with Gasteiger partial charge in [0.25, 0.3) is 0 Å². The predicted molar refractivity (Wildman–Crippen MR) is 115 cm³/mol. The van der Waals surface area contributed by atoms with Gasteiger partial charge in [0.1, 0.15) is 0 Å². The van der Waals surface area contributed by atoms with Gasteiger partial charge in [-0.05, 0) is 75.0 Å². The second kappa shape index (κ2) is 9.24. The summed E-state index contributed by atoms with van der Waals surface area (Å²) in [4.78, 5) is 2.87. The lowest BCUT2D eigenvalue weighted by molar-refractivity contribution is 0.188. The van der Waals surface area contributed by atoms with E-state index in [0.29, 0.717) is 11.4 Å². The van der Waals surface area contributed by atoms with Crippen LogP contribution < -0.4 is 5.32 Å². The molecule has 5 nitrogen and oxygen atoms in total. The molecular formula is C22H37N3O2S. The molecule has 0 saturated carbocycles. The summed E-state index contributed by atoms with van der Waals surface area (Å²) >= 11 is 0. The third-order valence-corrected chi connectivity index (χ3v) is 8.06. The number of nitrogens with one attached hydrogen (secondary N) is 1. The minimum absolute atomic E-state index is 0.0705. The first-order valence-electron chi connectivity index (χ1n) is 10.8. The summed E-state index contributed by atoms with van der Waals surface area (Å²) in [5, 5.41) is 3.36. The first kappa shape index (κ1) is 21.8. The highest BCUT2D eigenvalue weighted by Crippen LogP contribution is 2.28. The van der Waals surface area contributed by atoms with E-state index in [1.807, 2.05) is 22.5 Å². The molecule has 1 N–H and O–H groups in total. The lowest BCUT2D eigenvalue weighted by Gasteiger charge is -2.36. The molecule has 0 radical (unpaired) electrons. The number of likely N-dealkylation sites (tertiary alicyclic amines) is 1. The summed E-state index contributed by atoms with van der Waals surface area (Å²) in [6.07, 6.45) is 5.53. The zero-order valence-corrected chi connectivity index (χ0v) is 18.6. The van der Waals surface area contributed by atoms with Crippen molar-refractivity contribution in [3.8, 4) is 0 Å². The second-order valence-electron chi connectivity index (χ2n) is 9.28. The molecule has 2 aliphatic rings. The van der Waals surface area contributed by atoms with Gasteiger partial charge in [-0.1, -0.05) is 39.3 Å². The standard InChI is InChI=1S/C22H37N3O2S/c1-22(2,3)19-8-7-9-21(18-19)28(26,27)25(20-10-12-23-13-11-20)17-16-24-14-5-4-6-15-24/h7-9,18,20,23H,4-6,10-17H2,1-3H3. The van der Waals surface area contributed by atoms with Crippen LogP contribution in [0.15, 0.2) is 29.2 Å². The fourth-order valence-electron chi connectivity index (χ4n) is 4.28. The molecule has 2 fully saturated rings. The Bertz CT molecular complexity index is 730. The number of rotatable bonds is 6. The molecule has 1 aromatic carbocycles. The van der Waals surface area contributed by atoms with E-state index in [1.165, 1.54) is 19.3 Å². The molecule has 0 bridgehead atoms. The molecule has 6 heteroatoms. The van der Waals surface area contributed by atoms with Gasteiger partial charge < -0.3 is 10.2 Å². The van der Waals surface area contributed by atoms with Crippen molar-refractivity contribution in [3.63, 3.8) is 0 Å². The van der Waals surface area contributed by atoms with Gasteiger partial charge >= 0.3 is 0 Å². The Morgan fingerprint density at radius 2 is 1.79 bits per heavy atom. The maximum absolute atomic E-state index is 13.7. The third-order valence-electron chi connectivity index (χ3n) is 6.11. The van der Waals surface area contributed by atoms with E-state index in [0.717, 1.165) is 51.1 Å². The second-order valence-corrected chi connectivity index (χ2v) is 11.2. The maximum Gasteiger partial charge on any atom is 0.243 e. The molecule has 0 aliphatic carbocycles. The van der Waals surface area contributed by atoms with Crippen LogP contribution >= 0.6 is 0 Å². The summed E-state index contributed by atoms with van der Waals surface area (Å²) in [6, 6.07) is 7.65. The molecule has 0 aromatic heterocycles. The van der Waals surface area contributed by atoms with E-state index in [2.05, 4.69) is 31.0 Å². The van der Waals surface area contributed by atoms with Gasteiger partial charge in [0.15, 0.2) is 0 Å². The Balaban J connectivity index is 1.84. The lowest BCUT2D eigenvalue weighted by Crippen LogP contribution is -2.49. The van der Waals surface area contributed by atoms with Crippen molar-refractivity contribution in [2.45, 2.75) is 69.2 Å². The van der Waals surface area contributed by atoms with E-state index in [4.69, 9.17) is 0 Å². The summed E-state index contributed by atoms with van der Waals surface area (Å²) in [6.45, 7) is 11.8. The van der Waals surface area contributed by atoms with Crippen molar-refractivity contribution in [2.75, 3.05) is 39.3 Å². The fourth-order valence-corrected chi connectivity index (χ4v) is 6.00. The largest absolute Gasteiger partial charge is 0.317 e. The third kappa shape index (κ3) is 5.35. The number of sulfonamides is 1. The Hall–Kier alpha value is -0.950. The number of benzene rings is 1. The van der Waals surface area contributed by atoms with Crippen molar-refractivity contribution in [3.05, 3.63) is 29.8 Å². The molecule has 2 saturated heterocycles. The van der Waals surface area contributed by atoms with Crippen LogP contribution in [0.5, 0.6) is 0 Å². The first-order chi connectivity index (χ1) is 13.3. The number of nitrogens with zero attached hydrogens (tertiary/aromatic N) is 2. The van der Waals surface area contributed by atoms with Crippen LogP contribution in [0.2, 0.25) is 0 Å². The molecule has 2 heterocycles. The molecule has 0 spiro atoms. The van der Waals surface area contributed by atoms with Crippen molar-refractivity contribution in [1.29, 1.82) is 0 Å². The highest BCUT2D eigenvalue weighted by atomic mass is 32.2. The zero-order valence-electron chi connectivity index (χ0n) is 17.8. The fraction of sp³-hybridized carbons (Fsp3) is 0.727. The van der Waals surface area contributed by atoms with Gasteiger partial charge in [-0.15, -0.1) is 0 Å². The van der Waals surface area contributed by atoms with E-state index in [-0.39, 0.29) is 11.5 Å². The van der Waals surface area contributed by atoms with Crippen LogP contribution in [0.1, 0.15) is 58.4 Å². The number of piperidine rings is 2.